The normalized spacial score (nSPS) is 17.8. The summed E-state index contributed by atoms with van der Waals surface area (Å²) in [4.78, 5) is 12.3. The molecule has 0 bridgehead atoms. The van der Waals surface area contributed by atoms with E-state index in [-0.39, 0.29) is 11.2 Å². The van der Waals surface area contributed by atoms with Crippen LogP contribution in [0.4, 0.5) is 5.69 Å². The smallest absolute Gasteiger partial charge is 0.277 e. The van der Waals surface area contributed by atoms with Crippen molar-refractivity contribution in [1.29, 1.82) is 0 Å². The number of rotatable bonds is 5. The van der Waals surface area contributed by atoms with Crippen molar-refractivity contribution in [2.45, 2.75) is 55.4 Å². The Balaban J connectivity index is 1.37. The molecule has 120 valence electrons. The Morgan fingerprint density at radius 3 is 2.96 bits per heavy atom. The minimum Gasteiger partial charge on any atom is -0.416 e. The summed E-state index contributed by atoms with van der Waals surface area (Å²) in [5.74, 6) is 1.10. The maximum atomic E-state index is 12.3. The molecule has 0 aliphatic heterocycles. The van der Waals surface area contributed by atoms with Gasteiger partial charge in [-0.25, -0.2) is 0 Å². The monoisotopic (exact) mass is 329 g/mol. The van der Waals surface area contributed by atoms with Crippen molar-refractivity contribution in [3.8, 4) is 0 Å². The van der Waals surface area contributed by atoms with Gasteiger partial charge in [0.25, 0.3) is 5.22 Å². The Hall–Kier alpha value is -1.82. The maximum Gasteiger partial charge on any atom is 0.277 e. The first kappa shape index (κ1) is 14.8. The first-order chi connectivity index (χ1) is 11.2. The second-order valence-corrected chi connectivity index (χ2v) is 7.56. The molecule has 2 aliphatic rings. The van der Waals surface area contributed by atoms with Crippen LogP contribution >= 0.6 is 11.8 Å². The van der Waals surface area contributed by atoms with Crippen LogP contribution in [0.1, 0.15) is 49.1 Å². The third-order valence-electron chi connectivity index (χ3n) is 4.36. The lowest BCUT2D eigenvalue weighted by molar-refractivity contribution is -0.115. The molecule has 1 atom stereocenters. The van der Waals surface area contributed by atoms with Gasteiger partial charge >= 0.3 is 0 Å². The quantitative estimate of drug-likeness (QED) is 0.850. The van der Waals surface area contributed by atoms with Crippen LogP contribution in [0.3, 0.4) is 0 Å². The lowest BCUT2D eigenvalue weighted by Crippen LogP contribution is -2.22. The molecule has 0 unspecified atom stereocenters. The van der Waals surface area contributed by atoms with E-state index in [2.05, 4.69) is 27.6 Å². The first-order valence-electron chi connectivity index (χ1n) is 8.12. The molecule has 2 aromatic rings. The van der Waals surface area contributed by atoms with Crippen LogP contribution in [-0.4, -0.2) is 21.4 Å². The number of nitrogens with one attached hydrogen (secondary N) is 1. The highest BCUT2D eigenvalue weighted by atomic mass is 32.2. The van der Waals surface area contributed by atoms with Gasteiger partial charge in [-0.1, -0.05) is 17.8 Å². The van der Waals surface area contributed by atoms with Gasteiger partial charge in [-0.15, -0.1) is 10.2 Å². The molecule has 1 saturated carbocycles. The van der Waals surface area contributed by atoms with Crippen LogP contribution in [-0.2, 0) is 17.6 Å². The van der Waals surface area contributed by atoms with Crippen LogP contribution in [0.2, 0.25) is 0 Å². The maximum absolute atomic E-state index is 12.3. The Labute approximate surface area is 139 Å². The van der Waals surface area contributed by atoms with Gasteiger partial charge in [-0.2, -0.15) is 0 Å². The molecule has 4 rings (SSSR count). The van der Waals surface area contributed by atoms with Crippen molar-refractivity contribution < 1.29 is 9.21 Å². The van der Waals surface area contributed by atoms with E-state index in [1.165, 1.54) is 29.3 Å². The summed E-state index contributed by atoms with van der Waals surface area (Å²) in [7, 11) is 0. The average Bonchev–Trinajstić information content (AvgIpc) is 3.11. The fourth-order valence-corrected chi connectivity index (χ4v) is 3.55. The number of anilines is 1. The zero-order valence-corrected chi connectivity index (χ0v) is 13.9. The second-order valence-electron chi connectivity index (χ2n) is 6.27. The number of fused-ring (bicyclic) bond motifs is 1. The lowest BCUT2D eigenvalue weighted by Gasteiger charge is -2.11. The summed E-state index contributed by atoms with van der Waals surface area (Å²) < 4.78 is 5.60. The minimum absolute atomic E-state index is 0.0425. The number of nitrogens with zero attached hydrogens (tertiary/aromatic N) is 2. The highest BCUT2D eigenvalue weighted by molar-refractivity contribution is 8.00. The predicted octanol–water partition coefficient (Wildman–Crippen LogP) is 3.56. The molecule has 1 aromatic heterocycles. The number of carbonyl (C=O) groups excluding carboxylic acids is 1. The minimum atomic E-state index is -0.282. The van der Waals surface area contributed by atoms with Crippen LogP contribution in [0.5, 0.6) is 0 Å². The van der Waals surface area contributed by atoms with E-state index in [4.69, 9.17) is 4.42 Å². The molecule has 1 N–H and O–H groups in total. The Kier molecular flexibility index (Phi) is 3.85. The number of amides is 1. The van der Waals surface area contributed by atoms with Gasteiger partial charge in [0.05, 0.1) is 5.25 Å². The van der Waals surface area contributed by atoms with Crippen molar-refractivity contribution in [2.75, 3.05) is 5.32 Å². The fraction of sp³-hybridized carbons (Fsp3) is 0.471. The highest BCUT2D eigenvalue weighted by Gasteiger charge is 2.30. The molecule has 1 heterocycles. The van der Waals surface area contributed by atoms with Crippen molar-refractivity contribution in [2.24, 2.45) is 0 Å². The Morgan fingerprint density at radius 1 is 1.30 bits per heavy atom. The third-order valence-corrected chi connectivity index (χ3v) is 5.30. The molecular weight excluding hydrogens is 310 g/mol. The first-order valence-corrected chi connectivity index (χ1v) is 9.00. The average molecular weight is 329 g/mol. The summed E-state index contributed by atoms with van der Waals surface area (Å²) in [5, 5.41) is 11.2. The zero-order valence-electron chi connectivity index (χ0n) is 13.0. The number of aryl methyl sites for hydroxylation is 2. The molecule has 23 heavy (non-hydrogen) atoms. The third kappa shape index (κ3) is 3.27. The van der Waals surface area contributed by atoms with Crippen molar-refractivity contribution >= 4 is 23.4 Å². The van der Waals surface area contributed by atoms with Gasteiger partial charge in [0, 0.05) is 11.6 Å². The predicted molar refractivity (Wildman–Crippen MR) is 88.7 cm³/mol. The summed E-state index contributed by atoms with van der Waals surface area (Å²) in [6, 6.07) is 6.20. The SMILES string of the molecule is C[C@H](Sc1nnc(C2CC2)o1)C(=O)Nc1ccc2c(c1)CCC2. The van der Waals surface area contributed by atoms with E-state index in [1.807, 2.05) is 13.0 Å². The van der Waals surface area contributed by atoms with E-state index in [0.29, 0.717) is 17.0 Å². The second kappa shape index (κ2) is 6.00. The van der Waals surface area contributed by atoms with E-state index >= 15 is 0 Å². The van der Waals surface area contributed by atoms with Gasteiger partial charge in [-0.3, -0.25) is 4.79 Å². The molecule has 5 nitrogen and oxygen atoms in total. The number of hydrogen-bond donors (Lipinski definition) is 1. The lowest BCUT2D eigenvalue weighted by atomic mass is 10.1. The number of hydrogen-bond acceptors (Lipinski definition) is 5. The van der Waals surface area contributed by atoms with Crippen molar-refractivity contribution in [3.05, 3.63) is 35.2 Å². The summed E-state index contributed by atoms with van der Waals surface area (Å²) >= 11 is 1.31. The van der Waals surface area contributed by atoms with E-state index in [0.717, 1.165) is 31.4 Å². The Bertz CT molecular complexity index is 739. The fourth-order valence-electron chi connectivity index (χ4n) is 2.86. The summed E-state index contributed by atoms with van der Waals surface area (Å²) in [5.41, 5.74) is 3.63. The molecule has 2 aliphatic carbocycles. The molecule has 0 radical (unpaired) electrons. The van der Waals surface area contributed by atoms with Gasteiger partial charge < -0.3 is 9.73 Å². The van der Waals surface area contributed by atoms with Crippen molar-refractivity contribution in [3.63, 3.8) is 0 Å². The highest BCUT2D eigenvalue weighted by Crippen LogP contribution is 2.40. The van der Waals surface area contributed by atoms with Gasteiger partial charge in [0.1, 0.15) is 0 Å². The number of benzene rings is 1. The summed E-state index contributed by atoms with van der Waals surface area (Å²) in [6.07, 6.45) is 5.71. The van der Waals surface area contributed by atoms with Gasteiger partial charge in [0.2, 0.25) is 11.8 Å². The van der Waals surface area contributed by atoms with Gasteiger partial charge in [-0.05, 0) is 62.3 Å². The van der Waals surface area contributed by atoms with Crippen LogP contribution in [0.15, 0.2) is 27.8 Å². The van der Waals surface area contributed by atoms with Crippen LogP contribution in [0.25, 0.3) is 0 Å². The molecule has 0 spiro atoms. The molecule has 1 aromatic carbocycles. The Morgan fingerprint density at radius 2 is 2.13 bits per heavy atom. The van der Waals surface area contributed by atoms with Crippen molar-refractivity contribution in [1.82, 2.24) is 10.2 Å². The van der Waals surface area contributed by atoms with E-state index in [1.54, 1.807) is 0 Å². The topological polar surface area (TPSA) is 68.0 Å². The number of thioether (sulfide) groups is 1. The van der Waals surface area contributed by atoms with Crippen LogP contribution < -0.4 is 5.32 Å². The number of carbonyl (C=O) groups is 1. The standard InChI is InChI=1S/C17H19N3O2S/c1-10(23-17-20-19-16(22-17)12-5-6-12)15(21)18-14-8-7-11-3-2-4-13(11)9-14/h7-10,12H,2-6H2,1H3,(H,18,21)/t10-/m0/s1. The zero-order chi connectivity index (χ0) is 15.8. The summed E-state index contributed by atoms with van der Waals surface area (Å²) in [6.45, 7) is 1.86. The van der Waals surface area contributed by atoms with E-state index < -0.39 is 0 Å². The molecule has 6 heteroatoms. The molecule has 1 amide bonds. The molecular formula is C17H19N3O2S. The van der Waals surface area contributed by atoms with E-state index in [9.17, 15) is 4.79 Å². The van der Waals surface area contributed by atoms with Gasteiger partial charge in [0.15, 0.2) is 0 Å². The van der Waals surface area contributed by atoms with Crippen LogP contribution in [0, 0.1) is 0 Å². The largest absolute Gasteiger partial charge is 0.416 e. The number of aromatic nitrogens is 2. The molecule has 0 saturated heterocycles. The molecule has 1 fully saturated rings.